The van der Waals surface area contributed by atoms with Crippen molar-refractivity contribution in [1.29, 1.82) is 0 Å². The normalized spacial score (nSPS) is 19.3. The Hall–Kier alpha value is -3.20. The Labute approximate surface area is 165 Å². The summed E-state index contributed by atoms with van der Waals surface area (Å²) in [6.45, 7) is 0. The molecule has 1 saturated carbocycles. The summed E-state index contributed by atoms with van der Waals surface area (Å²) in [6, 6.07) is 5.18. The molecule has 29 heavy (non-hydrogen) atoms. The number of carbonyl (C=O) groups excluding carboxylic acids is 1. The van der Waals surface area contributed by atoms with Crippen molar-refractivity contribution in [2.45, 2.75) is 37.8 Å². The van der Waals surface area contributed by atoms with E-state index in [1.807, 2.05) is 0 Å². The number of pyridine rings is 1. The van der Waals surface area contributed by atoms with Gasteiger partial charge in [-0.2, -0.15) is 0 Å². The molecule has 0 spiro atoms. The van der Waals surface area contributed by atoms with E-state index in [0.717, 1.165) is 31.7 Å². The van der Waals surface area contributed by atoms with Gasteiger partial charge in [-0.05, 0) is 37.1 Å². The molecule has 1 unspecified atom stereocenters. The predicted octanol–water partition coefficient (Wildman–Crippen LogP) is 3.37. The average Bonchev–Trinajstić information content (AvgIpc) is 3.14. The molecule has 1 aliphatic rings. The lowest BCUT2D eigenvalue weighted by Crippen LogP contribution is -2.43. The number of nitrogens with two attached hydrogens (primary N) is 2. The lowest BCUT2D eigenvalue weighted by atomic mass is 9.91. The van der Waals surface area contributed by atoms with Crippen molar-refractivity contribution < 1.29 is 13.6 Å². The van der Waals surface area contributed by atoms with Gasteiger partial charge in [0.15, 0.2) is 11.6 Å². The Morgan fingerprint density at radius 1 is 1.17 bits per heavy atom. The quantitative estimate of drug-likeness (QED) is 0.450. The summed E-state index contributed by atoms with van der Waals surface area (Å²) in [5.41, 5.74) is 12.4. The van der Waals surface area contributed by atoms with Gasteiger partial charge >= 0.3 is 0 Å². The zero-order valence-electron chi connectivity index (χ0n) is 15.6. The Morgan fingerprint density at radius 3 is 2.72 bits per heavy atom. The molecule has 7 nitrogen and oxygen atoms in total. The number of fused-ring (bicyclic) bond motifs is 1. The molecule has 4 rings (SSSR count). The van der Waals surface area contributed by atoms with E-state index in [1.54, 1.807) is 12.3 Å². The topological polar surface area (TPSA) is 122 Å². The van der Waals surface area contributed by atoms with Crippen LogP contribution in [-0.4, -0.2) is 28.0 Å². The number of nitrogens with zero attached hydrogens (tertiary/aromatic N) is 1. The maximum absolute atomic E-state index is 14.6. The fourth-order valence-electron chi connectivity index (χ4n) is 3.75. The van der Waals surface area contributed by atoms with Gasteiger partial charge in [-0.3, -0.25) is 4.79 Å². The SMILES string of the molecule is NC(=O)c1cc(F)c(NC2CCCC[C@@H]2N)nc1Nc1cc(F)cc2[nH]ccc12. The van der Waals surface area contributed by atoms with Crippen LogP contribution in [0.4, 0.5) is 26.1 Å². The summed E-state index contributed by atoms with van der Waals surface area (Å²) >= 11 is 0. The molecule has 7 N–H and O–H groups in total. The van der Waals surface area contributed by atoms with Crippen molar-refractivity contribution in [3.63, 3.8) is 0 Å². The van der Waals surface area contributed by atoms with E-state index in [-0.39, 0.29) is 29.3 Å². The number of halogens is 2. The first-order valence-corrected chi connectivity index (χ1v) is 9.48. The second-order valence-corrected chi connectivity index (χ2v) is 7.30. The summed E-state index contributed by atoms with van der Waals surface area (Å²) < 4.78 is 28.6. The minimum Gasteiger partial charge on any atom is -0.365 e. The molecular weight excluding hydrogens is 378 g/mol. The molecule has 9 heteroatoms. The van der Waals surface area contributed by atoms with Gasteiger partial charge in [0.2, 0.25) is 0 Å². The molecule has 1 aromatic carbocycles. The third kappa shape index (κ3) is 3.86. The molecule has 3 aromatic rings. The minimum absolute atomic E-state index is 0.0263. The van der Waals surface area contributed by atoms with E-state index in [0.29, 0.717) is 16.6 Å². The highest BCUT2D eigenvalue weighted by molar-refractivity contribution is 6.00. The van der Waals surface area contributed by atoms with Crippen LogP contribution in [0.25, 0.3) is 10.9 Å². The number of hydrogen-bond donors (Lipinski definition) is 5. The zero-order valence-corrected chi connectivity index (χ0v) is 15.6. The van der Waals surface area contributed by atoms with Crippen LogP contribution in [0.2, 0.25) is 0 Å². The highest BCUT2D eigenvalue weighted by Crippen LogP contribution is 2.30. The molecule has 1 fully saturated rings. The molecule has 0 radical (unpaired) electrons. The summed E-state index contributed by atoms with van der Waals surface area (Å²) in [5, 5.41) is 6.67. The van der Waals surface area contributed by atoms with E-state index in [9.17, 15) is 13.6 Å². The van der Waals surface area contributed by atoms with Crippen LogP contribution in [0.3, 0.4) is 0 Å². The zero-order chi connectivity index (χ0) is 20.5. The van der Waals surface area contributed by atoms with Crippen LogP contribution < -0.4 is 22.1 Å². The van der Waals surface area contributed by atoms with Gasteiger partial charge < -0.3 is 27.1 Å². The van der Waals surface area contributed by atoms with Gasteiger partial charge in [0.05, 0.1) is 16.8 Å². The van der Waals surface area contributed by atoms with E-state index in [4.69, 9.17) is 11.5 Å². The second kappa shape index (κ2) is 7.67. The number of rotatable bonds is 5. The fourth-order valence-corrected chi connectivity index (χ4v) is 3.75. The smallest absolute Gasteiger partial charge is 0.252 e. The molecule has 2 aromatic heterocycles. The first-order chi connectivity index (χ1) is 13.9. The summed E-state index contributed by atoms with van der Waals surface area (Å²) in [7, 11) is 0. The maximum atomic E-state index is 14.6. The Kier molecular flexibility index (Phi) is 5.06. The molecule has 152 valence electrons. The molecular formula is C20H22F2N6O. The van der Waals surface area contributed by atoms with Crippen LogP contribution in [0.1, 0.15) is 36.0 Å². The van der Waals surface area contributed by atoms with Crippen LogP contribution in [0.15, 0.2) is 30.5 Å². The van der Waals surface area contributed by atoms with Crippen LogP contribution in [0, 0.1) is 11.6 Å². The summed E-state index contributed by atoms with van der Waals surface area (Å²) in [4.78, 5) is 19.0. The monoisotopic (exact) mass is 400 g/mol. The molecule has 1 aliphatic carbocycles. The summed E-state index contributed by atoms with van der Waals surface area (Å²) in [6.07, 6.45) is 5.34. The van der Waals surface area contributed by atoms with Crippen molar-refractivity contribution in [3.05, 3.63) is 47.7 Å². The number of aromatic amines is 1. The van der Waals surface area contributed by atoms with Gasteiger partial charge in [-0.15, -0.1) is 0 Å². The van der Waals surface area contributed by atoms with Gasteiger partial charge in [0, 0.05) is 23.7 Å². The van der Waals surface area contributed by atoms with Crippen LogP contribution in [-0.2, 0) is 0 Å². The molecule has 2 atom stereocenters. The number of carbonyl (C=O) groups is 1. The van der Waals surface area contributed by atoms with Crippen LogP contribution in [0.5, 0.6) is 0 Å². The Bertz CT molecular complexity index is 1070. The number of nitrogens with one attached hydrogen (secondary N) is 3. The highest BCUT2D eigenvalue weighted by atomic mass is 19.1. The third-order valence-electron chi connectivity index (χ3n) is 5.27. The van der Waals surface area contributed by atoms with Crippen molar-refractivity contribution in [2.75, 3.05) is 10.6 Å². The minimum atomic E-state index is -0.846. The molecule has 2 heterocycles. The molecule has 1 amide bonds. The van der Waals surface area contributed by atoms with Crippen molar-refractivity contribution in [1.82, 2.24) is 9.97 Å². The van der Waals surface area contributed by atoms with Crippen molar-refractivity contribution >= 4 is 34.1 Å². The van der Waals surface area contributed by atoms with Gasteiger partial charge in [-0.25, -0.2) is 13.8 Å². The van der Waals surface area contributed by atoms with E-state index in [1.165, 1.54) is 12.1 Å². The molecule has 0 bridgehead atoms. The Morgan fingerprint density at radius 2 is 1.97 bits per heavy atom. The number of aromatic nitrogens is 2. The number of anilines is 3. The summed E-state index contributed by atoms with van der Waals surface area (Å²) in [5.74, 6) is -2.01. The maximum Gasteiger partial charge on any atom is 0.252 e. The lowest BCUT2D eigenvalue weighted by molar-refractivity contribution is 0.100. The number of benzene rings is 1. The third-order valence-corrected chi connectivity index (χ3v) is 5.27. The largest absolute Gasteiger partial charge is 0.365 e. The molecule has 0 saturated heterocycles. The predicted molar refractivity (Wildman–Crippen MR) is 108 cm³/mol. The Balaban J connectivity index is 1.72. The van der Waals surface area contributed by atoms with Crippen molar-refractivity contribution in [3.8, 4) is 0 Å². The van der Waals surface area contributed by atoms with Gasteiger partial charge in [-0.1, -0.05) is 12.8 Å². The lowest BCUT2D eigenvalue weighted by Gasteiger charge is -2.30. The number of amides is 1. The molecule has 0 aliphatic heterocycles. The van der Waals surface area contributed by atoms with Crippen LogP contribution >= 0.6 is 0 Å². The highest BCUT2D eigenvalue weighted by Gasteiger charge is 2.24. The number of hydrogen-bond acceptors (Lipinski definition) is 5. The van der Waals surface area contributed by atoms with Crippen molar-refractivity contribution in [2.24, 2.45) is 11.5 Å². The first-order valence-electron chi connectivity index (χ1n) is 9.48. The van der Waals surface area contributed by atoms with Gasteiger partial charge in [0.25, 0.3) is 5.91 Å². The van der Waals surface area contributed by atoms with E-state index >= 15 is 0 Å². The number of H-pyrrole nitrogens is 1. The second-order valence-electron chi connectivity index (χ2n) is 7.30. The first kappa shape index (κ1) is 19.1. The standard InChI is InChI=1S/C20H22F2N6O/c21-10-7-16-11(5-6-25-16)17(8-10)27-19-12(18(24)29)9-13(22)20(28-19)26-15-4-2-1-3-14(15)23/h5-9,14-15,25H,1-4,23H2,(H2,24,29)(H2,26,27,28)/t14-,15?/m0/s1. The average molecular weight is 400 g/mol. The van der Waals surface area contributed by atoms with Gasteiger partial charge in [0.1, 0.15) is 11.6 Å². The fraction of sp³-hybridized carbons (Fsp3) is 0.300. The number of primary amides is 1. The van der Waals surface area contributed by atoms with E-state index in [2.05, 4.69) is 20.6 Å². The van der Waals surface area contributed by atoms with E-state index < -0.39 is 17.5 Å².